The second-order valence-corrected chi connectivity index (χ2v) is 8.36. The molecule has 6 heteroatoms. The molecular formula is C27H35N3O3. The van der Waals surface area contributed by atoms with Crippen molar-refractivity contribution in [2.24, 2.45) is 0 Å². The molecule has 1 amide bonds. The Balaban J connectivity index is 2.13. The first-order valence-corrected chi connectivity index (χ1v) is 11.9. The number of amides is 1. The van der Waals surface area contributed by atoms with E-state index >= 15 is 0 Å². The van der Waals surface area contributed by atoms with Gasteiger partial charge in [-0.2, -0.15) is 0 Å². The minimum absolute atomic E-state index is 0.0586. The summed E-state index contributed by atoms with van der Waals surface area (Å²) in [6.45, 7) is 7.04. The fraction of sp³-hybridized carbons (Fsp3) is 0.444. The maximum Gasteiger partial charge on any atom is 0.266 e. The molecule has 0 radical (unpaired) electrons. The van der Waals surface area contributed by atoms with E-state index in [2.05, 4.69) is 13.8 Å². The molecule has 6 nitrogen and oxygen atoms in total. The molecule has 0 saturated heterocycles. The van der Waals surface area contributed by atoms with Crippen molar-refractivity contribution >= 4 is 16.8 Å². The van der Waals surface area contributed by atoms with Crippen LogP contribution in [0.1, 0.15) is 63.9 Å². The first-order valence-electron chi connectivity index (χ1n) is 11.9. The van der Waals surface area contributed by atoms with E-state index in [1.807, 2.05) is 49.4 Å². The first-order chi connectivity index (χ1) is 16.0. The molecule has 0 saturated carbocycles. The van der Waals surface area contributed by atoms with Crippen molar-refractivity contribution in [1.82, 2.24) is 14.5 Å². The average molecular weight is 450 g/mol. The molecule has 176 valence electrons. The summed E-state index contributed by atoms with van der Waals surface area (Å²) in [4.78, 5) is 33.5. The van der Waals surface area contributed by atoms with Crippen molar-refractivity contribution in [2.45, 2.75) is 58.9 Å². The summed E-state index contributed by atoms with van der Waals surface area (Å²) >= 11 is 0. The first kappa shape index (κ1) is 24.6. The van der Waals surface area contributed by atoms with Gasteiger partial charge in [0.25, 0.3) is 5.56 Å². The monoisotopic (exact) mass is 449 g/mol. The second-order valence-electron chi connectivity index (χ2n) is 8.36. The van der Waals surface area contributed by atoms with Crippen molar-refractivity contribution < 1.29 is 9.53 Å². The van der Waals surface area contributed by atoms with Crippen LogP contribution in [0.5, 0.6) is 0 Å². The topological polar surface area (TPSA) is 64.4 Å². The van der Waals surface area contributed by atoms with Crippen molar-refractivity contribution in [3.05, 3.63) is 70.3 Å². The van der Waals surface area contributed by atoms with Crippen LogP contribution in [-0.4, -0.2) is 40.6 Å². The number of aryl methyl sites for hydroxylation is 1. The number of hydrogen-bond acceptors (Lipinski definition) is 4. The van der Waals surface area contributed by atoms with Gasteiger partial charge in [0.15, 0.2) is 0 Å². The Morgan fingerprint density at radius 2 is 1.82 bits per heavy atom. The summed E-state index contributed by atoms with van der Waals surface area (Å²) in [7, 11) is 1.63. The highest BCUT2D eigenvalue weighted by Crippen LogP contribution is 2.24. The highest BCUT2D eigenvalue weighted by molar-refractivity contribution is 5.79. The summed E-state index contributed by atoms with van der Waals surface area (Å²) in [6.07, 6.45) is 4.32. The van der Waals surface area contributed by atoms with E-state index in [0.29, 0.717) is 36.3 Å². The van der Waals surface area contributed by atoms with E-state index in [1.54, 1.807) is 22.6 Å². The van der Waals surface area contributed by atoms with Crippen LogP contribution in [0.3, 0.4) is 0 Å². The van der Waals surface area contributed by atoms with Gasteiger partial charge < -0.3 is 9.64 Å². The normalized spacial score (nSPS) is 12.1. The zero-order chi connectivity index (χ0) is 23.8. The summed E-state index contributed by atoms with van der Waals surface area (Å²) in [5, 5.41) is 0.561. The van der Waals surface area contributed by atoms with Crippen molar-refractivity contribution in [3.63, 3.8) is 0 Å². The molecule has 3 rings (SSSR count). The number of carbonyl (C=O) groups is 1. The molecule has 0 spiro atoms. The molecule has 0 fully saturated rings. The van der Waals surface area contributed by atoms with Gasteiger partial charge in [-0.05, 0) is 49.6 Å². The molecule has 0 bridgehead atoms. The number of unbranched alkanes of at least 4 members (excludes halogenated alkanes) is 2. The lowest BCUT2D eigenvalue weighted by atomic mass is 10.1. The van der Waals surface area contributed by atoms with Crippen molar-refractivity contribution in [3.8, 4) is 5.69 Å². The third kappa shape index (κ3) is 5.69. The van der Waals surface area contributed by atoms with Gasteiger partial charge in [-0.3, -0.25) is 14.2 Å². The molecule has 3 aromatic rings. The van der Waals surface area contributed by atoms with Gasteiger partial charge in [0, 0.05) is 20.1 Å². The molecule has 1 unspecified atom stereocenters. The third-order valence-corrected chi connectivity index (χ3v) is 6.10. The van der Waals surface area contributed by atoms with Crippen LogP contribution in [0.2, 0.25) is 0 Å². The van der Waals surface area contributed by atoms with E-state index < -0.39 is 6.04 Å². The number of nitrogens with zero attached hydrogens (tertiary/aromatic N) is 3. The lowest BCUT2D eigenvalue weighted by molar-refractivity contribution is -0.134. The van der Waals surface area contributed by atoms with Crippen LogP contribution < -0.4 is 5.56 Å². The molecule has 1 heterocycles. The molecule has 0 aliphatic carbocycles. The maximum absolute atomic E-state index is 13.6. The molecule has 0 N–H and O–H groups in total. The van der Waals surface area contributed by atoms with Crippen molar-refractivity contribution in [2.75, 3.05) is 20.3 Å². The highest BCUT2D eigenvalue weighted by atomic mass is 16.5. The number of para-hydroxylation sites is 1. The molecule has 33 heavy (non-hydrogen) atoms. The number of hydrogen-bond donors (Lipinski definition) is 0. The molecule has 0 aliphatic rings. The number of methoxy groups -OCH3 is 1. The van der Waals surface area contributed by atoms with E-state index in [4.69, 9.17) is 9.72 Å². The Morgan fingerprint density at radius 1 is 1.09 bits per heavy atom. The number of rotatable bonds is 11. The van der Waals surface area contributed by atoms with Crippen LogP contribution in [-0.2, 0) is 16.0 Å². The summed E-state index contributed by atoms with van der Waals surface area (Å²) in [5.74, 6) is 0.617. The van der Waals surface area contributed by atoms with Gasteiger partial charge >= 0.3 is 0 Å². The minimum Gasteiger partial charge on any atom is -0.383 e. The molecular weight excluding hydrogens is 414 g/mol. The predicted octanol–water partition coefficient (Wildman–Crippen LogP) is 5.06. The van der Waals surface area contributed by atoms with Gasteiger partial charge in [0.2, 0.25) is 5.91 Å². The van der Waals surface area contributed by atoms with Crippen LogP contribution in [0.25, 0.3) is 16.6 Å². The van der Waals surface area contributed by atoms with Crippen molar-refractivity contribution in [1.29, 1.82) is 0 Å². The fourth-order valence-corrected chi connectivity index (χ4v) is 4.09. The fourth-order valence-electron chi connectivity index (χ4n) is 4.09. The Labute approximate surface area is 196 Å². The van der Waals surface area contributed by atoms with Gasteiger partial charge in [-0.25, -0.2) is 4.98 Å². The average Bonchev–Trinajstić information content (AvgIpc) is 2.84. The molecule has 2 aromatic carbocycles. The minimum atomic E-state index is -0.391. The van der Waals surface area contributed by atoms with Crippen LogP contribution in [0.4, 0.5) is 0 Å². The van der Waals surface area contributed by atoms with Crippen LogP contribution >= 0.6 is 0 Å². The molecule has 0 aliphatic heterocycles. The van der Waals surface area contributed by atoms with E-state index in [9.17, 15) is 9.59 Å². The zero-order valence-corrected chi connectivity index (χ0v) is 20.2. The van der Waals surface area contributed by atoms with E-state index in [1.165, 1.54) is 5.56 Å². The quantitative estimate of drug-likeness (QED) is 0.384. The Hall–Kier alpha value is -2.99. The van der Waals surface area contributed by atoms with Gasteiger partial charge in [0.1, 0.15) is 5.82 Å². The van der Waals surface area contributed by atoms with E-state index in [-0.39, 0.29) is 11.5 Å². The maximum atomic E-state index is 13.6. The molecule has 1 atom stereocenters. The lowest BCUT2D eigenvalue weighted by Crippen LogP contribution is -2.39. The van der Waals surface area contributed by atoms with Crippen LogP contribution in [0.15, 0.2) is 53.3 Å². The SMILES string of the molecule is CCCCCC(=O)N(CCOC)C(C)c1nc2ccccc2c(=O)n1-c1ccc(CC)cc1. The predicted molar refractivity (Wildman–Crippen MR) is 133 cm³/mol. The molecule has 1 aromatic heterocycles. The van der Waals surface area contributed by atoms with Gasteiger partial charge in [-0.1, -0.05) is 51.0 Å². The smallest absolute Gasteiger partial charge is 0.266 e. The second kappa shape index (κ2) is 11.8. The number of aromatic nitrogens is 2. The Bertz CT molecular complexity index is 1120. The van der Waals surface area contributed by atoms with Crippen LogP contribution in [0, 0.1) is 0 Å². The standard InChI is InChI=1S/C27H35N3O3/c1-5-7-8-13-25(31)29(18-19-33-4)20(3)26-28-24-12-10-9-11-23(24)27(32)30(26)22-16-14-21(6-2)15-17-22/h9-12,14-17,20H,5-8,13,18-19H2,1-4H3. The largest absolute Gasteiger partial charge is 0.383 e. The number of fused-ring (bicyclic) bond motifs is 1. The summed E-state index contributed by atoms with van der Waals surface area (Å²) < 4.78 is 6.94. The number of carbonyl (C=O) groups excluding carboxylic acids is 1. The summed E-state index contributed by atoms with van der Waals surface area (Å²) in [5.41, 5.74) is 2.46. The highest BCUT2D eigenvalue weighted by Gasteiger charge is 2.26. The number of ether oxygens (including phenoxy) is 1. The van der Waals surface area contributed by atoms with Gasteiger partial charge in [0.05, 0.1) is 29.2 Å². The summed E-state index contributed by atoms with van der Waals surface area (Å²) in [6, 6.07) is 15.0. The third-order valence-electron chi connectivity index (χ3n) is 6.10. The number of benzene rings is 2. The van der Waals surface area contributed by atoms with E-state index in [0.717, 1.165) is 31.4 Å². The Morgan fingerprint density at radius 3 is 2.48 bits per heavy atom. The zero-order valence-electron chi connectivity index (χ0n) is 20.2. The van der Waals surface area contributed by atoms with Gasteiger partial charge in [-0.15, -0.1) is 0 Å². The Kier molecular flexibility index (Phi) is 8.78. The lowest BCUT2D eigenvalue weighted by Gasteiger charge is -2.30.